The Bertz CT molecular complexity index is 2430. The number of anilines is 2. The van der Waals surface area contributed by atoms with E-state index in [1.54, 1.807) is 54.7 Å². The molecule has 6 aromatic rings. The van der Waals surface area contributed by atoms with Crippen LogP contribution in [-0.4, -0.2) is 73.7 Å². The lowest BCUT2D eigenvalue weighted by molar-refractivity contribution is 0.0594. The summed E-state index contributed by atoms with van der Waals surface area (Å²) in [6.07, 6.45) is 5.97. The Morgan fingerprint density at radius 1 is 0.627 bits per heavy atom. The predicted molar refractivity (Wildman–Crippen MR) is 226 cm³/mol. The standard InChI is InChI=1S/C26H29N3O4.C20H18N2O4/c1-2-33-23-10-9-21(19-6-3-4-7-20(19)23)25(30)29-22-8-5-14-27-24(22)26(31)28-15-11-18-12-16-32-17-13-18;1-3-26-17-11-10-15(13-7-4-5-8-14(13)17)19(23)22-16-9-6-12-21-18(16)20(24)25-2/h3-10,14,18H,2,11-13,15-17H2,1H3,(H,28,31)(H,29,30);4-12H,3H2,1-2H3,(H,22,23). The van der Waals surface area contributed by atoms with Crippen LogP contribution in [0.1, 0.15) is 74.8 Å². The molecule has 7 rings (SSSR count). The third-order valence-corrected chi connectivity index (χ3v) is 9.74. The second-order valence-electron chi connectivity index (χ2n) is 13.5. The molecule has 0 spiro atoms. The summed E-state index contributed by atoms with van der Waals surface area (Å²) in [5, 5.41) is 11.8. The van der Waals surface area contributed by atoms with Gasteiger partial charge in [0.05, 0.1) is 31.7 Å². The number of benzene rings is 4. The van der Waals surface area contributed by atoms with Crippen molar-refractivity contribution in [2.45, 2.75) is 33.1 Å². The molecule has 3 amide bonds. The van der Waals surface area contributed by atoms with Gasteiger partial charge in [-0.3, -0.25) is 14.4 Å². The highest BCUT2D eigenvalue weighted by atomic mass is 16.5. The van der Waals surface area contributed by atoms with Gasteiger partial charge in [-0.05, 0) is 98.3 Å². The molecule has 0 atom stereocenters. The molecule has 304 valence electrons. The number of carbonyl (C=O) groups is 4. The summed E-state index contributed by atoms with van der Waals surface area (Å²) in [5.41, 5.74) is 1.91. The van der Waals surface area contributed by atoms with Crippen LogP contribution in [0.4, 0.5) is 11.4 Å². The maximum absolute atomic E-state index is 13.2. The van der Waals surface area contributed by atoms with Crippen LogP contribution in [0.2, 0.25) is 0 Å². The van der Waals surface area contributed by atoms with Gasteiger partial charge in [0.2, 0.25) is 0 Å². The molecule has 13 nitrogen and oxygen atoms in total. The van der Waals surface area contributed by atoms with Gasteiger partial charge in [0, 0.05) is 54.1 Å². The van der Waals surface area contributed by atoms with E-state index in [-0.39, 0.29) is 29.1 Å². The van der Waals surface area contributed by atoms with E-state index in [4.69, 9.17) is 18.9 Å². The number of rotatable bonds is 13. The van der Waals surface area contributed by atoms with E-state index in [9.17, 15) is 19.2 Å². The lowest BCUT2D eigenvalue weighted by atomic mass is 9.97. The first-order valence-electron chi connectivity index (χ1n) is 19.6. The quantitative estimate of drug-likeness (QED) is 0.0972. The number of esters is 1. The van der Waals surface area contributed by atoms with E-state index in [1.807, 2.05) is 62.4 Å². The zero-order valence-corrected chi connectivity index (χ0v) is 33.3. The largest absolute Gasteiger partial charge is 0.493 e. The molecule has 0 radical (unpaired) electrons. The monoisotopic (exact) mass is 797 g/mol. The van der Waals surface area contributed by atoms with E-state index in [2.05, 4.69) is 25.9 Å². The molecule has 1 aliphatic rings. The second kappa shape index (κ2) is 20.5. The van der Waals surface area contributed by atoms with Crippen molar-refractivity contribution < 1.29 is 38.1 Å². The van der Waals surface area contributed by atoms with E-state index in [1.165, 1.54) is 13.3 Å². The van der Waals surface area contributed by atoms with Crippen LogP contribution >= 0.6 is 0 Å². The van der Waals surface area contributed by atoms with Crippen molar-refractivity contribution in [2.75, 3.05) is 50.7 Å². The molecule has 0 bridgehead atoms. The van der Waals surface area contributed by atoms with Gasteiger partial charge < -0.3 is 34.9 Å². The van der Waals surface area contributed by atoms with Crippen molar-refractivity contribution in [3.8, 4) is 11.5 Å². The molecule has 1 saturated heterocycles. The van der Waals surface area contributed by atoms with Crippen molar-refractivity contribution in [1.29, 1.82) is 0 Å². The van der Waals surface area contributed by atoms with Crippen molar-refractivity contribution in [3.05, 3.63) is 132 Å². The smallest absolute Gasteiger partial charge is 0.358 e. The molecular weight excluding hydrogens is 751 g/mol. The minimum absolute atomic E-state index is 0.0543. The van der Waals surface area contributed by atoms with Crippen LogP contribution < -0.4 is 25.4 Å². The Morgan fingerprint density at radius 2 is 1.12 bits per heavy atom. The highest BCUT2D eigenvalue weighted by Crippen LogP contribution is 2.31. The number of hydrogen-bond donors (Lipinski definition) is 3. The van der Waals surface area contributed by atoms with Crippen LogP contribution in [0.15, 0.2) is 109 Å². The third kappa shape index (κ3) is 10.4. The molecule has 1 aliphatic heterocycles. The fourth-order valence-corrected chi connectivity index (χ4v) is 6.84. The molecule has 3 heterocycles. The van der Waals surface area contributed by atoms with Crippen LogP contribution in [0.25, 0.3) is 21.5 Å². The van der Waals surface area contributed by atoms with Crippen molar-refractivity contribution in [1.82, 2.24) is 15.3 Å². The molecule has 2 aromatic heterocycles. The van der Waals surface area contributed by atoms with Crippen molar-refractivity contribution >= 4 is 56.6 Å². The lowest BCUT2D eigenvalue weighted by Gasteiger charge is -2.21. The highest BCUT2D eigenvalue weighted by molar-refractivity contribution is 6.16. The predicted octanol–water partition coefficient (Wildman–Crippen LogP) is 8.10. The summed E-state index contributed by atoms with van der Waals surface area (Å²) in [7, 11) is 1.27. The first-order valence-corrected chi connectivity index (χ1v) is 19.6. The number of carbonyl (C=O) groups excluding carboxylic acids is 4. The molecule has 0 saturated carbocycles. The Kier molecular flexibility index (Phi) is 14.5. The van der Waals surface area contributed by atoms with Crippen LogP contribution in [0.5, 0.6) is 11.5 Å². The number of hydrogen-bond acceptors (Lipinski definition) is 10. The summed E-state index contributed by atoms with van der Waals surface area (Å²) in [6, 6.07) is 28.8. The molecule has 1 fully saturated rings. The Balaban J connectivity index is 0.000000204. The van der Waals surface area contributed by atoms with Gasteiger partial charge in [0.25, 0.3) is 17.7 Å². The highest BCUT2D eigenvalue weighted by Gasteiger charge is 2.21. The fourth-order valence-electron chi connectivity index (χ4n) is 6.84. The average molecular weight is 798 g/mol. The first-order chi connectivity index (χ1) is 28.8. The molecule has 3 N–H and O–H groups in total. The lowest BCUT2D eigenvalue weighted by Crippen LogP contribution is -2.29. The number of nitrogens with one attached hydrogen (secondary N) is 3. The van der Waals surface area contributed by atoms with E-state index < -0.39 is 5.97 Å². The molecule has 0 aliphatic carbocycles. The second-order valence-corrected chi connectivity index (χ2v) is 13.5. The SMILES string of the molecule is CCOc1ccc(C(=O)Nc2cccnc2C(=O)NCCC2CCOCC2)c2ccccc12.CCOc1ccc(C(=O)Nc2cccnc2C(=O)OC)c2ccccc12. The number of pyridine rings is 2. The number of methoxy groups -OCH3 is 1. The topological polar surface area (TPSA) is 167 Å². The van der Waals surface area contributed by atoms with Crippen LogP contribution in [0, 0.1) is 5.92 Å². The van der Waals surface area contributed by atoms with Gasteiger partial charge in [-0.2, -0.15) is 0 Å². The maximum atomic E-state index is 13.2. The number of nitrogens with zero attached hydrogens (tertiary/aromatic N) is 2. The van der Waals surface area contributed by atoms with Crippen LogP contribution in [-0.2, 0) is 9.47 Å². The van der Waals surface area contributed by atoms with Gasteiger partial charge in [-0.25, -0.2) is 14.8 Å². The van der Waals surface area contributed by atoms with Gasteiger partial charge in [0.1, 0.15) is 11.5 Å². The normalized spacial score (nSPS) is 12.5. The summed E-state index contributed by atoms with van der Waals surface area (Å²) in [5.74, 6) is 0.453. The number of ether oxygens (including phenoxy) is 4. The van der Waals surface area contributed by atoms with Gasteiger partial charge in [0.15, 0.2) is 11.4 Å². The van der Waals surface area contributed by atoms with Gasteiger partial charge in [-0.1, -0.05) is 48.5 Å². The number of fused-ring (bicyclic) bond motifs is 2. The molecule has 59 heavy (non-hydrogen) atoms. The van der Waals surface area contributed by atoms with E-state index in [0.29, 0.717) is 48.2 Å². The molecule has 13 heteroatoms. The Labute approximate surface area is 342 Å². The number of aromatic nitrogens is 2. The zero-order valence-electron chi connectivity index (χ0n) is 33.3. The van der Waals surface area contributed by atoms with Gasteiger partial charge in [-0.15, -0.1) is 0 Å². The van der Waals surface area contributed by atoms with Crippen molar-refractivity contribution in [2.24, 2.45) is 5.92 Å². The Hall–Kier alpha value is -6.86. The van der Waals surface area contributed by atoms with E-state index in [0.717, 1.165) is 65.5 Å². The van der Waals surface area contributed by atoms with E-state index >= 15 is 0 Å². The average Bonchev–Trinajstić information content (AvgIpc) is 3.27. The minimum atomic E-state index is -0.613. The fraction of sp³-hybridized carbons (Fsp3) is 0.261. The number of amides is 3. The summed E-state index contributed by atoms with van der Waals surface area (Å²) in [6.45, 7) is 7.05. The van der Waals surface area contributed by atoms with Crippen LogP contribution in [0.3, 0.4) is 0 Å². The van der Waals surface area contributed by atoms with Crippen molar-refractivity contribution in [3.63, 3.8) is 0 Å². The maximum Gasteiger partial charge on any atom is 0.358 e. The molecule has 0 unspecified atom stereocenters. The summed E-state index contributed by atoms with van der Waals surface area (Å²) >= 11 is 0. The molecule has 4 aromatic carbocycles. The minimum Gasteiger partial charge on any atom is -0.493 e. The van der Waals surface area contributed by atoms with Gasteiger partial charge >= 0.3 is 5.97 Å². The third-order valence-electron chi connectivity index (χ3n) is 9.74. The summed E-state index contributed by atoms with van der Waals surface area (Å²) in [4.78, 5) is 58.8. The summed E-state index contributed by atoms with van der Waals surface area (Å²) < 4.78 is 21.4. The zero-order chi connectivity index (χ0) is 41.6. The first kappa shape index (κ1) is 41.8. The molecular formula is C46H47N5O8. The Morgan fingerprint density at radius 3 is 1.63 bits per heavy atom.